The second-order valence-corrected chi connectivity index (χ2v) is 5.68. The van der Waals surface area contributed by atoms with Crippen LogP contribution in [0.25, 0.3) is 0 Å². The van der Waals surface area contributed by atoms with Crippen molar-refractivity contribution in [1.82, 2.24) is 10.2 Å². The van der Waals surface area contributed by atoms with E-state index >= 15 is 0 Å². The largest absolute Gasteiger partial charge is 0.349 e. The quantitative estimate of drug-likeness (QED) is 0.850. The lowest BCUT2D eigenvalue weighted by atomic mass is 9.94. The zero-order chi connectivity index (χ0) is 15.9. The molecule has 118 valence electrons. The maximum Gasteiger partial charge on any atom is 0.245 e. The predicted octanol–water partition coefficient (Wildman–Crippen LogP) is 2.68. The maximum absolute atomic E-state index is 12.5. The molecule has 4 nitrogen and oxygen atoms in total. The van der Waals surface area contributed by atoms with E-state index < -0.39 is 0 Å². The van der Waals surface area contributed by atoms with Gasteiger partial charge in [-0.15, -0.1) is 0 Å². The molecule has 1 fully saturated rings. The first-order valence-electron chi connectivity index (χ1n) is 7.92. The van der Waals surface area contributed by atoms with Gasteiger partial charge >= 0.3 is 0 Å². The predicted molar refractivity (Wildman–Crippen MR) is 87.1 cm³/mol. The Kier molecular flexibility index (Phi) is 5.75. The van der Waals surface area contributed by atoms with E-state index in [2.05, 4.69) is 18.8 Å². The molecule has 0 saturated carbocycles. The highest BCUT2D eigenvalue weighted by Crippen LogP contribution is 2.21. The molecule has 1 aromatic carbocycles. The Morgan fingerprint density at radius 3 is 2.50 bits per heavy atom. The summed E-state index contributed by atoms with van der Waals surface area (Å²) in [6.07, 6.45) is 3.64. The van der Waals surface area contributed by atoms with Crippen LogP contribution in [0.3, 0.4) is 0 Å². The van der Waals surface area contributed by atoms with E-state index in [0.29, 0.717) is 13.1 Å². The molecule has 2 rings (SSSR count). The average Bonchev–Trinajstić information content (AvgIpc) is 2.59. The third-order valence-corrected chi connectivity index (χ3v) is 4.28. The standard InChI is InChI=1S/C18H24N2O2/c1-3-16(14-8-6-5-7-9-14)19-18(22)15-10-12-20(13-11-15)17(21)4-2/h4-9,15-16H,2-3,10-13H2,1H3,(H,19,22)/t16-/m0/s1. The Morgan fingerprint density at radius 1 is 1.32 bits per heavy atom. The Morgan fingerprint density at radius 2 is 1.95 bits per heavy atom. The summed E-state index contributed by atoms with van der Waals surface area (Å²) in [5.41, 5.74) is 1.14. The van der Waals surface area contributed by atoms with Crippen molar-refractivity contribution >= 4 is 11.8 Å². The molecule has 2 amide bonds. The summed E-state index contributed by atoms with van der Waals surface area (Å²) < 4.78 is 0. The van der Waals surface area contributed by atoms with Crippen LogP contribution in [-0.4, -0.2) is 29.8 Å². The molecule has 1 heterocycles. The van der Waals surface area contributed by atoms with Crippen LogP contribution >= 0.6 is 0 Å². The maximum atomic E-state index is 12.5. The second kappa shape index (κ2) is 7.78. The summed E-state index contributed by atoms with van der Waals surface area (Å²) in [5.74, 6) is 0.0441. The van der Waals surface area contributed by atoms with Gasteiger partial charge in [-0.2, -0.15) is 0 Å². The van der Waals surface area contributed by atoms with Crippen LogP contribution < -0.4 is 5.32 Å². The van der Waals surface area contributed by atoms with E-state index in [1.165, 1.54) is 6.08 Å². The molecule has 22 heavy (non-hydrogen) atoms. The van der Waals surface area contributed by atoms with Crippen LogP contribution in [0.2, 0.25) is 0 Å². The van der Waals surface area contributed by atoms with Gasteiger partial charge < -0.3 is 10.2 Å². The second-order valence-electron chi connectivity index (χ2n) is 5.68. The van der Waals surface area contributed by atoms with E-state index in [4.69, 9.17) is 0 Å². The van der Waals surface area contributed by atoms with Crippen LogP contribution in [0.5, 0.6) is 0 Å². The van der Waals surface area contributed by atoms with Gasteiger partial charge in [-0.1, -0.05) is 43.8 Å². The van der Waals surface area contributed by atoms with Gasteiger partial charge in [0.15, 0.2) is 0 Å². The van der Waals surface area contributed by atoms with Crippen molar-refractivity contribution in [3.63, 3.8) is 0 Å². The van der Waals surface area contributed by atoms with Crippen LogP contribution in [0.4, 0.5) is 0 Å². The molecular weight excluding hydrogens is 276 g/mol. The molecule has 1 saturated heterocycles. The van der Waals surface area contributed by atoms with Gasteiger partial charge in [-0.25, -0.2) is 0 Å². The van der Waals surface area contributed by atoms with Gasteiger partial charge in [-0.3, -0.25) is 9.59 Å². The van der Waals surface area contributed by atoms with Crippen molar-refractivity contribution in [2.45, 2.75) is 32.2 Å². The molecule has 0 spiro atoms. The highest BCUT2D eigenvalue weighted by atomic mass is 16.2. The Hall–Kier alpha value is -2.10. The van der Waals surface area contributed by atoms with E-state index in [1.54, 1.807) is 4.90 Å². The zero-order valence-corrected chi connectivity index (χ0v) is 13.1. The summed E-state index contributed by atoms with van der Waals surface area (Å²) in [6, 6.07) is 10.1. The van der Waals surface area contributed by atoms with Gasteiger partial charge in [0.25, 0.3) is 0 Å². The van der Waals surface area contributed by atoms with Crippen LogP contribution in [0.1, 0.15) is 37.8 Å². The smallest absolute Gasteiger partial charge is 0.245 e. The van der Waals surface area contributed by atoms with E-state index in [0.717, 1.165) is 24.8 Å². The first-order chi connectivity index (χ1) is 10.7. The fourth-order valence-electron chi connectivity index (χ4n) is 2.89. The first kappa shape index (κ1) is 16.3. The molecule has 1 N–H and O–H groups in total. The van der Waals surface area contributed by atoms with E-state index in [1.807, 2.05) is 30.3 Å². The van der Waals surface area contributed by atoms with Gasteiger partial charge in [0.2, 0.25) is 11.8 Å². The summed E-state index contributed by atoms with van der Waals surface area (Å²) in [6.45, 7) is 6.84. The number of carbonyl (C=O) groups excluding carboxylic acids is 2. The Bertz CT molecular complexity index is 519. The lowest BCUT2D eigenvalue weighted by Crippen LogP contribution is -2.43. The van der Waals surface area contributed by atoms with Crippen LogP contribution in [0.15, 0.2) is 43.0 Å². The monoisotopic (exact) mass is 300 g/mol. The highest BCUT2D eigenvalue weighted by molar-refractivity contribution is 5.87. The number of hydrogen-bond donors (Lipinski definition) is 1. The minimum atomic E-state index is -0.0467. The molecule has 4 heteroatoms. The molecule has 1 aliphatic heterocycles. The molecular formula is C18H24N2O2. The average molecular weight is 300 g/mol. The molecule has 0 aliphatic carbocycles. The number of nitrogens with one attached hydrogen (secondary N) is 1. The summed E-state index contributed by atoms with van der Waals surface area (Å²) >= 11 is 0. The number of piperidine rings is 1. The number of likely N-dealkylation sites (tertiary alicyclic amines) is 1. The van der Waals surface area contributed by atoms with E-state index in [9.17, 15) is 9.59 Å². The molecule has 1 atom stereocenters. The minimum absolute atomic E-state index is 0.00775. The molecule has 1 aromatic rings. The number of amides is 2. The summed E-state index contributed by atoms with van der Waals surface area (Å²) in [4.78, 5) is 25.8. The van der Waals surface area contributed by atoms with Crippen LogP contribution in [-0.2, 0) is 9.59 Å². The fraction of sp³-hybridized carbons (Fsp3) is 0.444. The van der Waals surface area contributed by atoms with E-state index in [-0.39, 0.29) is 23.8 Å². The third-order valence-electron chi connectivity index (χ3n) is 4.28. The normalized spacial score (nSPS) is 16.9. The molecule has 0 bridgehead atoms. The molecule has 0 aromatic heterocycles. The number of nitrogens with zero attached hydrogens (tertiary/aromatic N) is 1. The molecule has 0 radical (unpaired) electrons. The fourth-order valence-corrected chi connectivity index (χ4v) is 2.89. The number of carbonyl (C=O) groups is 2. The first-order valence-corrected chi connectivity index (χ1v) is 7.92. The number of benzene rings is 1. The van der Waals surface area contributed by atoms with Crippen molar-refractivity contribution in [2.24, 2.45) is 5.92 Å². The molecule has 1 aliphatic rings. The van der Waals surface area contributed by atoms with Crippen LogP contribution in [0, 0.1) is 5.92 Å². The molecule has 0 unspecified atom stereocenters. The lowest BCUT2D eigenvalue weighted by molar-refractivity contribution is -0.132. The van der Waals surface area contributed by atoms with Gasteiger partial charge in [-0.05, 0) is 30.9 Å². The van der Waals surface area contributed by atoms with Gasteiger partial charge in [0, 0.05) is 19.0 Å². The SMILES string of the molecule is C=CC(=O)N1CCC(C(=O)N[C@@H](CC)c2ccccc2)CC1. The van der Waals surface area contributed by atoms with Gasteiger partial charge in [0.05, 0.1) is 6.04 Å². The van der Waals surface area contributed by atoms with Gasteiger partial charge in [0.1, 0.15) is 0 Å². The topological polar surface area (TPSA) is 49.4 Å². The van der Waals surface area contributed by atoms with Crippen molar-refractivity contribution in [3.8, 4) is 0 Å². The Labute approximate surface area is 132 Å². The lowest BCUT2D eigenvalue weighted by Gasteiger charge is -2.31. The van der Waals surface area contributed by atoms with Crippen molar-refractivity contribution in [3.05, 3.63) is 48.6 Å². The van der Waals surface area contributed by atoms with Crippen molar-refractivity contribution in [1.29, 1.82) is 0 Å². The Balaban J connectivity index is 1.90. The zero-order valence-electron chi connectivity index (χ0n) is 13.1. The number of rotatable bonds is 5. The highest BCUT2D eigenvalue weighted by Gasteiger charge is 2.27. The summed E-state index contributed by atoms with van der Waals surface area (Å²) in [5, 5.41) is 3.15. The van der Waals surface area contributed by atoms with Crippen molar-refractivity contribution < 1.29 is 9.59 Å². The number of hydrogen-bond acceptors (Lipinski definition) is 2. The van der Waals surface area contributed by atoms with Crippen molar-refractivity contribution in [2.75, 3.05) is 13.1 Å². The summed E-state index contributed by atoms with van der Waals surface area (Å²) in [7, 11) is 0. The third kappa shape index (κ3) is 3.97. The minimum Gasteiger partial charge on any atom is -0.349 e.